The van der Waals surface area contributed by atoms with Crippen LogP contribution in [-0.2, 0) is 24.2 Å². The van der Waals surface area contributed by atoms with Crippen LogP contribution in [0.3, 0.4) is 0 Å². The van der Waals surface area contributed by atoms with Gasteiger partial charge in [0.05, 0.1) is 23.6 Å². The fourth-order valence-electron chi connectivity index (χ4n) is 4.00. The molecule has 2 aromatic carbocycles. The number of aromatic nitrogens is 2. The smallest absolute Gasteiger partial charge is 0.261 e. The summed E-state index contributed by atoms with van der Waals surface area (Å²) in [6.07, 6.45) is -0.112. The summed E-state index contributed by atoms with van der Waals surface area (Å²) in [6.45, 7) is 3.24. The highest BCUT2D eigenvalue weighted by Gasteiger charge is 2.19. The number of ether oxygens (including phenoxy) is 1. The van der Waals surface area contributed by atoms with E-state index in [1.54, 1.807) is 22.8 Å². The number of methoxy groups -OCH3 is 1. The number of hydrogen-bond donors (Lipinski definition) is 2. The maximum atomic E-state index is 13.1. The number of aliphatic hydroxyl groups excluding tert-OH is 1. The molecule has 0 fully saturated rings. The van der Waals surface area contributed by atoms with Crippen LogP contribution in [0.5, 0.6) is 0 Å². The molecule has 0 radical (unpaired) electrons. The van der Waals surface area contributed by atoms with Gasteiger partial charge in [0.2, 0.25) is 0 Å². The van der Waals surface area contributed by atoms with Gasteiger partial charge in [0, 0.05) is 51.8 Å². The number of carbonyl (C=O) groups is 1. The van der Waals surface area contributed by atoms with Crippen molar-refractivity contribution < 1.29 is 14.6 Å². The molecule has 1 aliphatic rings. The van der Waals surface area contributed by atoms with Gasteiger partial charge in [-0.15, -0.1) is 0 Å². The zero-order chi connectivity index (χ0) is 22.5. The number of nitrogens with one attached hydrogen (secondary N) is 1. The summed E-state index contributed by atoms with van der Waals surface area (Å²) in [5.41, 5.74) is 2.09. The van der Waals surface area contributed by atoms with E-state index < -0.39 is 6.10 Å². The van der Waals surface area contributed by atoms with Crippen LogP contribution >= 0.6 is 0 Å². The summed E-state index contributed by atoms with van der Waals surface area (Å²) >= 11 is 0. The first-order valence-corrected chi connectivity index (χ1v) is 10.8. The SMILES string of the molecule is COCC(O)CNC(=O)c1ccc2c(=O)n3c(nc2c1)CCN(Cc1ccccc1)CC3. The van der Waals surface area contributed by atoms with Gasteiger partial charge < -0.3 is 15.2 Å². The molecule has 1 atom stereocenters. The van der Waals surface area contributed by atoms with Crippen molar-refractivity contribution in [2.24, 2.45) is 0 Å². The molecule has 0 saturated carbocycles. The normalized spacial score (nSPS) is 15.2. The Morgan fingerprint density at radius 1 is 1.19 bits per heavy atom. The largest absolute Gasteiger partial charge is 0.389 e. The molecule has 3 aromatic rings. The van der Waals surface area contributed by atoms with Crippen molar-refractivity contribution in [1.29, 1.82) is 0 Å². The van der Waals surface area contributed by atoms with E-state index in [9.17, 15) is 14.7 Å². The first-order chi connectivity index (χ1) is 15.5. The van der Waals surface area contributed by atoms with E-state index in [0.29, 0.717) is 29.4 Å². The zero-order valence-corrected chi connectivity index (χ0v) is 18.2. The number of nitrogens with zero attached hydrogens (tertiary/aromatic N) is 3. The van der Waals surface area contributed by atoms with Crippen LogP contribution in [0.15, 0.2) is 53.3 Å². The Balaban J connectivity index is 1.52. The fraction of sp³-hybridized carbons (Fsp3) is 0.375. The number of amides is 1. The van der Waals surface area contributed by atoms with Crippen LogP contribution in [0.4, 0.5) is 0 Å². The van der Waals surface area contributed by atoms with E-state index in [4.69, 9.17) is 9.72 Å². The fourth-order valence-corrected chi connectivity index (χ4v) is 4.00. The number of benzene rings is 2. The number of aliphatic hydroxyl groups is 1. The van der Waals surface area contributed by atoms with Gasteiger partial charge in [-0.1, -0.05) is 30.3 Å². The molecule has 0 spiro atoms. The highest BCUT2D eigenvalue weighted by molar-refractivity contribution is 5.97. The lowest BCUT2D eigenvalue weighted by atomic mass is 10.1. The van der Waals surface area contributed by atoms with Crippen LogP contribution in [0.1, 0.15) is 21.7 Å². The molecule has 2 N–H and O–H groups in total. The minimum atomic E-state index is -0.776. The number of fused-ring (bicyclic) bond motifs is 2. The van der Waals surface area contributed by atoms with Crippen LogP contribution in [0.25, 0.3) is 10.9 Å². The molecule has 0 aliphatic carbocycles. The number of rotatable bonds is 7. The van der Waals surface area contributed by atoms with Crippen molar-refractivity contribution in [1.82, 2.24) is 19.8 Å². The summed E-state index contributed by atoms with van der Waals surface area (Å²) < 4.78 is 6.62. The molecule has 8 nitrogen and oxygen atoms in total. The Labute approximate surface area is 186 Å². The third kappa shape index (κ3) is 5.04. The van der Waals surface area contributed by atoms with Crippen LogP contribution in [0, 0.1) is 0 Å². The van der Waals surface area contributed by atoms with Crippen LogP contribution in [-0.4, -0.2) is 64.9 Å². The molecule has 32 heavy (non-hydrogen) atoms. The summed E-state index contributed by atoms with van der Waals surface area (Å²) in [5.74, 6) is 0.416. The van der Waals surface area contributed by atoms with Crippen molar-refractivity contribution >= 4 is 16.8 Å². The molecule has 0 saturated heterocycles. The first kappa shape index (κ1) is 22.1. The topological polar surface area (TPSA) is 96.7 Å². The van der Waals surface area contributed by atoms with Crippen molar-refractivity contribution in [3.05, 3.63) is 75.8 Å². The van der Waals surface area contributed by atoms with E-state index in [1.165, 1.54) is 12.7 Å². The van der Waals surface area contributed by atoms with Gasteiger partial charge in [-0.2, -0.15) is 0 Å². The molecule has 168 valence electrons. The predicted molar refractivity (Wildman–Crippen MR) is 122 cm³/mol. The highest BCUT2D eigenvalue weighted by Crippen LogP contribution is 2.15. The van der Waals surface area contributed by atoms with Gasteiger partial charge in [0.15, 0.2) is 0 Å². The molecular formula is C24H28N4O4. The van der Waals surface area contributed by atoms with Crippen LogP contribution < -0.4 is 10.9 Å². The van der Waals surface area contributed by atoms with E-state index in [-0.39, 0.29) is 24.6 Å². The van der Waals surface area contributed by atoms with E-state index >= 15 is 0 Å². The standard InChI is InChI=1S/C24H28N4O4/c1-32-16-19(29)14-25-23(30)18-7-8-20-21(13-18)26-22-9-10-27(11-12-28(22)24(20)31)15-17-5-3-2-4-6-17/h2-8,13,19,29H,9-12,14-16H2,1H3,(H,25,30). The maximum absolute atomic E-state index is 13.1. The van der Waals surface area contributed by atoms with Crippen molar-refractivity contribution in [2.45, 2.75) is 25.6 Å². The highest BCUT2D eigenvalue weighted by atomic mass is 16.5. The second kappa shape index (κ2) is 10.0. The molecule has 0 bridgehead atoms. The van der Waals surface area contributed by atoms with Gasteiger partial charge in [0.1, 0.15) is 5.82 Å². The first-order valence-electron chi connectivity index (χ1n) is 10.8. The molecule has 8 heteroatoms. The van der Waals surface area contributed by atoms with Crippen molar-refractivity contribution in [2.75, 3.05) is 33.4 Å². The molecule has 1 unspecified atom stereocenters. The van der Waals surface area contributed by atoms with E-state index in [2.05, 4.69) is 22.3 Å². The Kier molecular flexibility index (Phi) is 6.94. The van der Waals surface area contributed by atoms with E-state index in [1.807, 2.05) is 18.2 Å². The average Bonchev–Trinajstić information content (AvgIpc) is 3.00. The van der Waals surface area contributed by atoms with Crippen molar-refractivity contribution in [3.8, 4) is 0 Å². The van der Waals surface area contributed by atoms with Gasteiger partial charge in [-0.25, -0.2) is 4.98 Å². The molecule has 1 amide bonds. The number of hydrogen-bond acceptors (Lipinski definition) is 6. The van der Waals surface area contributed by atoms with Gasteiger partial charge in [-0.3, -0.25) is 19.1 Å². The third-order valence-electron chi connectivity index (χ3n) is 5.69. The average molecular weight is 437 g/mol. The van der Waals surface area contributed by atoms with Gasteiger partial charge in [-0.05, 0) is 23.8 Å². The van der Waals surface area contributed by atoms with Crippen LogP contribution in [0.2, 0.25) is 0 Å². The predicted octanol–water partition coefficient (Wildman–Crippen LogP) is 1.19. The number of carbonyl (C=O) groups excluding carboxylic acids is 1. The summed E-state index contributed by atoms with van der Waals surface area (Å²) in [6, 6.07) is 15.2. The summed E-state index contributed by atoms with van der Waals surface area (Å²) in [7, 11) is 1.49. The van der Waals surface area contributed by atoms with Gasteiger partial charge in [0.25, 0.3) is 11.5 Å². The summed E-state index contributed by atoms with van der Waals surface area (Å²) in [5, 5.41) is 12.9. The minimum Gasteiger partial charge on any atom is -0.389 e. The second-order valence-electron chi connectivity index (χ2n) is 8.05. The third-order valence-corrected chi connectivity index (χ3v) is 5.69. The molecule has 4 rings (SSSR count). The lowest BCUT2D eigenvalue weighted by molar-refractivity contribution is 0.0610. The lowest BCUT2D eigenvalue weighted by Gasteiger charge is -2.19. The monoisotopic (exact) mass is 436 g/mol. The maximum Gasteiger partial charge on any atom is 0.261 e. The van der Waals surface area contributed by atoms with Gasteiger partial charge >= 0.3 is 0 Å². The Bertz CT molecular complexity index is 1150. The molecular weight excluding hydrogens is 408 g/mol. The Morgan fingerprint density at radius 3 is 2.78 bits per heavy atom. The quantitative estimate of drug-likeness (QED) is 0.578. The Hall–Kier alpha value is -3.07. The second-order valence-corrected chi connectivity index (χ2v) is 8.05. The van der Waals surface area contributed by atoms with E-state index in [0.717, 1.165) is 25.5 Å². The lowest BCUT2D eigenvalue weighted by Crippen LogP contribution is -2.34. The minimum absolute atomic E-state index is 0.0750. The molecule has 1 aromatic heterocycles. The van der Waals surface area contributed by atoms with Crippen molar-refractivity contribution in [3.63, 3.8) is 0 Å². The Morgan fingerprint density at radius 2 is 2.00 bits per heavy atom. The molecule has 1 aliphatic heterocycles. The molecule has 2 heterocycles. The zero-order valence-electron chi connectivity index (χ0n) is 18.2. The summed E-state index contributed by atoms with van der Waals surface area (Å²) in [4.78, 5) is 32.6.